The van der Waals surface area contributed by atoms with Crippen molar-refractivity contribution in [2.45, 2.75) is 19.3 Å². The lowest BCUT2D eigenvalue weighted by Crippen LogP contribution is -1.99. The van der Waals surface area contributed by atoms with Gasteiger partial charge in [0.15, 0.2) is 0 Å². The summed E-state index contributed by atoms with van der Waals surface area (Å²) in [7, 11) is 0. The van der Waals surface area contributed by atoms with Crippen LogP contribution in [0.4, 0.5) is 4.39 Å². The van der Waals surface area contributed by atoms with Gasteiger partial charge in [0.2, 0.25) is 0 Å². The second-order valence-corrected chi connectivity index (χ2v) is 2.71. The van der Waals surface area contributed by atoms with Gasteiger partial charge in [-0.1, -0.05) is 0 Å². The molecule has 1 aromatic rings. The van der Waals surface area contributed by atoms with E-state index < -0.39 is 0 Å². The molecule has 2 N–H and O–H groups in total. The van der Waals surface area contributed by atoms with Gasteiger partial charge in [-0.05, 0) is 37.4 Å². The smallest absolute Gasteiger partial charge is 0.144 e. The number of aryl methyl sites for hydroxylation is 1. The van der Waals surface area contributed by atoms with Crippen molar-refractivity contribution in [3.05, 3.63) is 29.8 Å². The fourth-order valence-corrected chi connectivity index (χ4v) is 1.07. The zero-order valence-corrected chi connectivity index (χ0v) is 6.96. The number of unbranched alkanes of at least 4 members (excludes halogenated alkanes) is 1. The molecule has 0 atom stereocenters. The Bertz CT molecular complexity index is 238. The molecule has 0 amide bonds. The third kappa shape index (κ3) is 2.58. The Balaban J connectivity index is 2.46. The Morgan fingerprint density at radius 3 is 2.92 bits per heavy atom. The topological polar surface area (TPSA) is 38.9 Å². The molecule has 0 aliphatic heterocycles. The minimum atomic E-state index is -0.213. The summed E-state index contributed by atoms with van der Waals surface area (Å²) in [6.45, 7) is 0.673. The van der Waals surface area contributed by atoms with E-state index in [-0.39, 0.29) is 5.82 Å². The standard InChI is InChI=1S/C9H13FN2/c10-9-7-12-6-4-8(9)3-1-2-5-11/h4,6-7H,1-3,5,11H2. The number of rotatable bonds is 4. The minimum absolute atomic E-state index is 0.213. The van der Waals surface area contributed by atoms with Crippen LogP contribution < -0.4 is 5.73 Å². The summed E-state index contributed by atoms with van der Waals surface area (Å²) in [5.74, 6) is -0.213. The van der Waals surface area contributed by atoms with E-state index in [1.807, 2.05) is 0 Å². The van der Waals surface area contributed by atoms with Crippen molar-refractivity contribution >= 4 is 0 Å². The average molecular weight is 168 g/mol. The van der Waals surface area contributed by atoms with Gasteiger partial charge in [0.1, 0.15) is 5.82 Å². The quantitative estimate of drug-likeness (QED) is 0.692. The Morgan fingerprint density at radius 2 is 2.25 bits per heavy atom. The summed E-state index contributed by atoms with van der Waals surface area (Å²) in [6.07, 6.45) is 5.50. The van der Waals surface area contributed by atoms with Gasteiger partial charge < -0.3 is 5.73 Å². The lowest BCUT2D eigenvalue weighted by Gasteiger charge is -2.00. The lowest BCUT2D eigenvalue weighted by molar-refractivity contribution is 0.595. The van der Waals surface area contributed by atoms with E-state index in [4.69, 9.17) is 5.73 Å². The van der Waals surface area contributed by atoms with Crippen molar-refractivity contribution in [1.82, 2.24) is 4.98 Å². The van der Waals surface area contributed by atoms with Crippen LogP contribution in [0, 0.1) is 5.82 Å². The van der Waals surface area contributed by atoms with Gasteiger partial charge in [-0.15, -0.1) is 0 Å². The summed E-state index contributed by atoms with van der Waals surface area (Å²) in [5, 5.41) is 0. The Kier molecular flexibility index (Phi) is 3.67. The van der Waals surface area contributed by atoms with Crippen LogP contribution >= 0.6 is 0 Å². The largest absolute Gasteiger partial charge is 0.330 e. The van der Waals surface area contributed by atoms with Gasteiger partial charge in [0, 0.05) is 6.20 Å². The van der Waals surface area contributed by atoms with Crippen LogP contribution in [0.5, 0.6) is 0 Å². The zero-order valence-electron chi connectivity index (χ0n) is 6.96. The van der Waals surface area contributed by atoms with Crippen molar-refractivity contribution in [2.75, 3.05) is 6.54 Å². The first-order valence-electron chi connectivity index (χ1n) is 4.13. The summed E-state index contributed by atoms with van der Waals surface area (Å²) in [6, 6.07) is 1.71. The SMILES string of the molecule is NCCCCc1ccncc1F. The van der Waals surface area contributed by atoms with E-state index in [0.717, 1.165) is 24.8 Å². The highest BCUT2D eigenvalue weighted by atomic mass is 19.1. The molecule has 2 nitrogen and oxygen atoms in total. The highest BCUT2D eigenvalue weighted by molar-refractivity contribution is 5.12. The highest BCUT2D eigenvalue weighted by Gasteiger charge is 1.99. The molecule has 0 saturated heterocycles. The van der Waals surface area contributed by atoms with E-state index >= 15 is 0 Å². The van der Waals surface area contributed by atoms with Crippen LogP contribution in [0.1, 0.15) is 18.4 Å². The number of aromatic nitrogens is 1. The summed E-state index contributed by atoms with van der Waals surface area (Å²) < 4.78 is 12.9. The molecule has 0 aromatic carbocycles. The molecular weight excluding hydrogens is 155 g/mol. The fourth-order valence-electron chi connectivity index (χ4n) is 1.07. The van der Waals surface area contributed by atoms with E-state index in [1.54, 1.807) is 12.3 Å². The van der Waals surface area contributed by atoms with E-state index in [2.05, 4.69) is 4.98 Å². The van der Waals surface area contributed by atoms with Crippen LogP contribution in [-0.4, -0.2) is 11.5 Å². The van der Waals surface area contributed by atoms with Gasteiger partial charge in [-0.3, -0.25) is 4.98 Å². The van der Waals surface area contributed by atoms with Gasteiger partial charge in [0.05, 0.1) is 6.20 Å². The molecule has 0 unspecified atom stereocenters. The summed E-state index contributed by atoms with van der Waals surface area (Å²) >= 11 is 0. The molecule has 3 heteroatoms. The predicted molar refractivity (Wildman–Crippen MR) is 46.2 cm³/mol. The molecule has 12 heavy (non-hydrogen) atoms. The second kappa shape index (κ2) is 4.83. The Morgan fingerprint density at radius 1 is 1.42 bits per heavy atom. The van der Waals surface area contributed by atoms with Crippen LogP contribution in [-0.2, 0) is 6.42 Å². The second-order valence-electron chi connectivity index (χ2n) is 2.71. The van der Waals surface area contributed by atoms with Crippen molar-refractivity contribution in [3.63, 3.8) is 0 Å². The first kappa shape index (κ1) is 9.13. The monoisotopic (exact) mass is 168 g/mol. The Labute approximate surface area is 71.6 Å². The Hall–Kier alpha value is -0.960. The number of nitrogens with zero attached hydrogens (tertiary/aromatic N) is 1. The van der Waals surface area contributed by atoms with E-state index in [1.165, 1.54) is 6.20 Å². The molecule has 66 valence electrons. The molecule has 0 bridgehead atoms. The number of hydrogen-bond donors (Lipinski definition) is 1. The zero-order chi connectivity index (χ0) is 8.81. The maximum absolute atomic E-state index is 12.9. The van der Waals surface area contributed by atoms with E-state index in [9.17, 15) is 4.39 Å². The molecule has 1 aromatic heterocycles. The van der Waals surface area contributed by atoms with Crippen molar-refractivity contribution < 1.29 is 4.39 Å². The summed E-state index contributed by atoms with van der Waals surface area (Å²) in [4.78, 5) is 3.67. The number of nitrogens with two attached hydrogens (primary N) is 1. The van der Waals surface area contributed by atoms with Crippen LogP contribution in [0.3, 0.4) is 0 Å². The molecule has 0 aliphatic carbocycles. The fraction of sp³-hybridized carbons (Fsp3) is 0.444. The van der Waals surface area contributed by atoms with Crippen LogP contribution in [0.2, 0.25) is 0 Å². The minimum Gasteiger partial charge on any atom is -0.330 e. The van der Waals surface area contributed by atoms with Crippen molar-refractivity contribution in [2.24, 2.45) is 5.73 Å². The average Bonchev–Trinajstić information content (AvgIpc) is 2.09. The molecule has 1 rings (SSSR count). The lowest BCUT2D eigenvalue weighted by atomic mass is 10.1. The van der Waals surface area contributed by atoms with Crippen LogP contribution in [0.25, 0.3) is 0 Å². The first-order valence-corrected chi connectivity index (χ1v) is 4.13. The molecule has 0 saturated carbocycles. The van der Waals surface area contributed by atoms with Crippen LogP contribution in [0.15, 0.2) is 18.5 Å². The van der Waals surface area contributed by atoms with Gasteiger partial charge in [-0.2, -0.15) is 0 Å². The molecule has 1 heterocycles. The predicted octanol–water partition coefficient (Wildman–Crippen LogP) is 1.50. The number of pyridine rings is 1. The molecule has 0 spiro atoms. The molecular formula is C9H13FN2. The van der Waals surface area contributed by atoms with Crippen molar-refractivity contribution in [3.8, 4) is 0 Å². The third-order valence-electron chi connectivity index (χ3n) is 1.76. The molecule has 0 fully saturated rings. The van der Waals surface area contributed by atoms with Gasteiger partial charge in [-0.25, -0.2) is 4.39 Å². The normalized spacial score (nSPS) is 10.2. The number of hydrogen-bond acceptors (Lipinski definition) is 2. The number of halogens is 1. The maximum Gasteiger partial charge on any atom is 0.144 e. The van der Waals surface area contributed by atoms with Gasteiger partial charge in [0.25, 0.3) is 0 Å². The maximum atomic E-state index is 12.9. The third-order valence-corrected chi connectivity index (χ3v) is 1.76. The highest BCUT2D eigenvalue weighted by Crippen LogP contribution is 2.07. The molecule has 0 aliphatic rings. The molecule has 0 radical (unpaired) electrons. The summed E-state index contributed by atoms with van der Waals surface area (Å²) in [5.41, 5.74) is 6.06. The van der Waals surface area contributed by atoms with Crippen molar-refractivity contribution in [1.29, 1.82) is 0 Å². The first-order chi connectivity index (χ1) is 5.84. The van der Waals surface area contributed by atoms with Gasteiger partial charge >= 0.3 is 0 Å². The van der Waals surface area contributed by atoms with E-state index in [0.29, 0.717) is 6.54 Å².